The van der Waals surface area contributed by atoms with Gasteiger partial charge in [0.25, 0.3) is 0 Å². The van der Waals surface area contributed by atoms with Gasteiger partial charge in [0.15, 0.2) is 12.1 Å². The van der Waals surface area contributed by atoms with E-state index in [0.717, 1.165) is 16.7 Å². The van der Waals surface area contributed by atoms with E-state index >= 15 is 0 Å². The van der Waals surface area contributed by atoms with Crippen LogP contribution in [0.4, 0.5) is 0 Å². The van der Waals surface area contributed by atoms with Crippen molar-refractivity contribution in [3.63, 3.8) is 0 Å². The van der Waals surface area contributed by atoms with Gasteiger partial charge in [-0.1, -0.05) is 78.9 Å². The van der Waals surface area contributed by atoms with Gasteiger partial charge >= 0.3 is 5.97 Å². The zero-order chi connectivity index (χ0) is 41.7. The number of carbonyl (C=O) groups is 3. The first-order valence-electron chi connectivity index (χ1n) is 19.7. The summed E-state index contributed by atoms with van der Waals surface area (Å²) in [6, 6.07) is 23.0. The third-order valence-corrected chi connectivity index (χ3v) is 11.2. The predicted molar refractivity (Wildman–Crippen MR) is 210 cm³/mol. The molecule has 1 spiro atoms. The lowest BCUT2D eigenvalue weighted by Crippen LogP contribution is -2.59. The van der Waals surface area contributed by atoms with Gasteiger partial charge in [-0.05, 0) is 40.5 Å². The molecule has 9 atom stereocenters. The Kier molecular flexibility index (Phi) is 13.4. The van der Waals surface area contributed by atoms with Crippen LogP contribution in [0.15, 0.2) is 96.6 Å². The molecule has 0 saturated carbocycles. The monoisotopic (exact) mass is 814 g/mol. The molecule has 15 nitrogen and oxygen atoms in total. The van der Waals surface area contributed by atoms with Gasteiger partial charge in [-0.2, -0.15) is 0 Å². The maximum Gasteiger partial charge on any atom is 0.338 e. The van der Waals surface area contributed by atoms with E-state index in [2.05, 4.69) is 5.32 Å². The largest absolute Gasteiger partial charge is 0.456 e. The predicted octanol–water partition coefficient (Wildman–Crippen LogP) is 0.829. The number of ether oxygens (including phenoxy) is 5. The SMILES string of the molecule is CN(C(=O)C1=C[C@H]2OC3(Cc4ccccc4C3)O[C@H]2[C@H](OC(=O)c2cccc(C=CCO[C@H]3O[C@H](CO)[C@H](O)[C@H](O)[C@H]3O)c2)C1)[C@H](Cc1ccccc1)C(=O)NCCO. The number of nitrogens with one attached hydrogen (secondary N) is 1. The summed E-state index contributed by atoms with van der Waals surface area (Å²) < 4.78 is 30.4. The van der Waals surface area contributed by atoms with Crippen LogP contribution in [0.2, 0.25) is 0 Å². The van der Waals surface area contributed by atoms with E-state index in [1.54, 1.807) is 49.5 Å². The van der Waals surface area contributed by atoms with Crippen molar-refractivity contribution in [3.05, 3.63) is 124 Å². The maximum atomic E-state index is 14.4. The molecule has 7 rings (SSSR count). The Labute approximate surface area is 341 Å². The molecule has 0 radical (unpaired) electrons. The first-order chi connectivity index (χ1) is 28.5. The number of likely N-dealkylation sites (N-methyl/N-ethyl adjacent to an activating group) is 1. The van der Waals surface area contributed by atoms with Crippen LogP contribution < -0.4 is 5.32 Å². The van der Waals surface area contributed by atoms with Gasteiger partial charge in [-0.25, -0.2) is 4.79 Å². The van der Waals surface area contributed by atoms with E-state index < -0.39 is 85.2 Å². The van der Waals surface area contributed by atoms with Crippen molar-refractivity contribution in [1.29, 1.82) is 0 Å². The summed E-state index contributed by atoms with van der Waals surface area (Å²) in [5, 5.41) is 51.8. The Morgan fingerprint density at radius 2 is 1.66 bits per heavy atom. The first kappa shape index (κ1) is 42.3. The van der Waals surface area contributed by atoms with Crippen molar-refractivity contribution in [2.45, 2.75) is 86.5 Å². The molecule has 0 aromatic heterocycles. The van der Waals surface area contributed by atoms with E-state index in [-0.39, 0.29) is 38.2 Å². The lowest BCUT2D eigenvalue weighted by molar-refractivity contribution is -0.298. The van der Waals surface area contributed by atoms with Crippen LogP contribution in [0.5, 0.6) is 0 Å². The number of nitrogens with zero attached hydrogens (tertiary/aromatic N) is 1. The lowest BCUT2D eigenvalue weighted by atomic mass is 9.90. The van der Waals surface area contributed by atoms with E-state index in [1.165, 1.54) is 4.90 Å². The Bertz CT molecular complexity index is 2000. The minimum atomic E-state index is -1.57. The molecule has 2 saturated heterocycles. The van der Waals surface area contributed by atoms with Gasteiger partial charge in [-0.15, -0.1) is 0 Å². The fourth-order valence-electron chi connectivity index (χ4n) is 8.08. The summed E-state index contributed by atoms with van der Waals surface area (Å²) in [6.07, 6.45) is -3.23. The van der Waals surface area contributed by atoms with Crippen LogP contribution in [0.3, 0.4) is 0 Å². The molecular formula is C44H50N2O13. The molecule has 4 aliphatic rings. The Morgan fingerprint density at radius 1 is 0.932 bits per heavy atom. The van der Waals surface area contributed by atoms with Crippen LogP contribution in [0.1, 0.15) is 39.0 Å². The van der Waals surface area contributed by atoms with Crippen molar-refractivity contribution >= 4 is 23.9 Å². The molecule has 2 heterocycles. The van der Waals surface area contributed by atoms with Crippen molar-refractivity contribution in [1.82, 2.24) is 10.2 Å². The fourth-order valence-corrected chi connectivity index (χ4v) is 8.08. The standard InChI is InChI=1S/C44H50N2O13/c1-46(32(40(52)45-16-17-47)20-27-9-3-2-4-10-27)41(53)31-21-33(39-34(22-31)58-44(59-39)23-29-13-5-6-14-30(29)24-44)56-42(54)28-15-7-11-26(19-28)12-8-18-55-43-38(51)37(50)36(49)35(25-48)57-43/h2-15,19,22,32-39,43,47-51H,16-18,20-21,23-25H2,1H3,(H,45,52)/t32-,33-,34-,35-,36+,37+,38-,39+,43+/m1/s1. The summed E-state index contributed by atoms with van der Waals surface area (Å²) >= 11 is 0. The van der Waals surface area contributed by atoms with E-state index in [9.17, 15) is 39.9 Å². The second-order valence-corrected chi connectivity index (χ2v) is 15.2. The Balaban J connectivity index is 1.08. The normalized spacial score (nSPS) is 27.5. The van der Waals surface area contributed by atoms with Gasteiger partial charge in [0, 0.05) is 44.8 Å². The molecule has 2 aliphatic heterocycles. The smallest absolute Gasteiger partial charge is 0.338 e. The summed E-state index contributed by atoms with van der Waals surface area (Å²) in [5.41, 5.74) is 4.15. The molecule has 15 heteroatoms. The third-order valence-electron chi connectivity index (χ3n) is 11.2. The van der Waals surface area contributed by atoms with Gasteiger partial charge in [0.05, 0.1) is 25.4 Å². The quantitative estimate of drug-likeness (QED) is 0.125. The highest BCUT2D eigenvalue weighted by atomic mass is 16.8. The minimum Gasteiger partial charge on any atom is -0.456 e. The molecule has 3 aromatic carbocycles. The van der Waals surface area contributed by atoms with Gasteiger partial charge in [-0.3, -0.25) is 9.59 Å². The van der Waals surface area contributed by atoms with E-state index in [4.69, 9.17) is 23.7 Å². The molecule has 3 aromatic rings. The molecule has 6 N–H and O–H groups in total. The van der Waals surface area contributed by atoms with Gasteiger partial charge < -0.3 is 59.4 Å². The van der Waals surface area contributed by atoms with Crippen LogP contribution >= 0.6 is 0 Å². The zero-order valence-corrected chi connectivity index (χ0v) is 32.5. The number of amides is 2. The van der Waals surface area contributed by atoms with E-state index in [0.29, 0.717) is 24.0 Å². The minimum absolute atomic E-state index is 0.00628. The molecule has 2 aliphatic carbocycles. The highest BCUT2D eigenvalue weighted by molar-refractivity contribution is 5.97. The molecule has 59 heavy (non-hydrogen) atoms. The fraction of sp³-hybridized carbons (Fsp3) is 0.432. The number of carbonyl (C=O) groups excluding carboxylic acids is 3. The number of hydrogen-bond donors (Lipinski definition) is 6. The Morgan fingerprint density at radius 3 is 2.37 bits per heavy atom. The molecule has 0 unspecified atom stereocenters. The third kappa shape index (κ3) is 9.49. The van der Waals surface area contributed by atoms with Crippen molar-refractivity contribution < 1.29 is 63.6 Å². The summed E-state index contributed by atoms with van der Waals surface area (Å²) in [5.74, 6) is -2.55. The number of fused-ring (bicyclic) bond motifs is 2. The average molecular weight is 815 g/mol. The molecule has 2 amide bonds. The lowest BCUT2D eigenvalue weighted by Gasteiger charge is -2.39. The summed E-state index contributed by atoms with van der Waals surface area (Å²) in [4.78, 5) is 43.0. The van der Waals surface area contributed by atoms with Gasteiger partial charge in [0.1, 0.15) is 48.8 Å². The number of aliphatic hydroxyl groups excluding tert-OH is 5. The summed E-state index contributed by atoms with van der Waals surface area (Å²) in [6.45, 7) is -0.881. The maximum absolute atomic E-state index is 14.4. The number of esters is 1. The van der Waals surface area contributed by atoms with Crippen LogP contribution in [0, 0.1) is 0 Å². The highest BCUT2D eigenvalue weighted by Gasteiger charge is 2.55. The number of benzene rings is 3. The average Bonchev–Trinajstić information content (AvgIpc) is 3.81. The molecule has 2 fully saturated rings. The molecular weight excluding hydrogens is 764 g/mol. The molecule has 0 bridgehead atoms. The highest BCUT2D eigenvalue weighted by Crippen LogP contribution is 2.45. The topological polar surface area (TPSA) is 214 Å². The number of aliphatic hydroxyl groups is 5. The van der Waals surface area contributed by atoms with E-state index in [1.807, 2.05) is 54.6 Å². The second kappa shape index (κ2) is 18.6. The number of hydrogen-bond acceptors (Lipinski definition) is 13. The first-order valence-corrected chi connectivity index (χ1v) is 19.7. The van der Waals surface area contributed by atoms with Crippen LogP contribution in [0.25, 0.3) is 6.08 Å². The van der Waals surface area contributed by atoms with Crippen LogP contribution in [-0.2, 0) is 52.5 Å². The van der Waals surface area contributed by atoms with Crippen molar-refractivity contribution in [3.8, 4) is 0 Å². The Hall–Kier alpha value is -4.81. The summed E-state index contributed by atoms with van der Waals surface area (Å²) in [7, 11) is 1.55. The number of rotatable bonds is 14. The van der Waals surface area contributed by atoms with Crippen LogP contribution in [-0.4, -0.2) is 142 Å². The van der Waals surface area contributed by atoms with Gasteiger partial charge in [0.2, 0.25) is 11.8 Å². The van der Waals surface area contributed by atoms with Crippen molar-refractivity contribution in [2.24, 2.45) is 0 Å². The molecule has 314 valence electrons. The second-order valence-electron chi connectivity index (χ2n) is 15.2. The van der Waals surface area contributed by atoms with Crippen molar-refractivity contribution in [2.75, 3.05) is 33.4 Å². The zero-order valence-electron chi connectivity index (χ0n) is 32.5.